The third-order valence-electron chi connectivity index (χ3n) is 2.07. The van der Waals surface area contributed by atoms with Crippen LogP contribution in [-0.4, -0.2) is 33.4 Å². The first-order chi connectivity index (χ1) is 6.52. The summed E-state index contributed by atoms with van der Waals surface area (Å²) in [5.74, 6) is 0. The molecule has 0 aliphatic carbocycles. The van der Waals surface area contributed by atoms with E-state index in [4.69, 9.17) is 4.74 Å². The minimum Gasteiger partial charge on any atom is -0.381 e. The van der Waals surface area contributed by atoms with E-state index < -0.39 is 10.0 Å². The molecule has 0 aromatic rings. The highest BCUT2D eigenvalue weighted by molar-refractivity contribution is 9.11. The summed E-state index contributed by atoms with van der Waals surface area (Å²) in [6.07, 6.45) is 1.15. The Morgan fingerprint density at radius 3 is 2.57 bits per heavy atom. The van der Waals surface area contributed by atoms with Crippen molar-refractivity contribution in [1.82, 2.24) is 4.72 Å². The number of ether oxygens (including phenoxy) is 1. The predicted octanol–water partition coefficient (Wildman–Crippen LogP) is 0.993. The van der Waals surface area contributed by atoms with Crippen molar-refractivity contribution in [3.63, 3.8) is 0 Å². The van der Waals surface area contributed by atoms with Gasteiger partial charge in [0.15, 0.2) is 0 Å². The topological polar surface area (TPSA) is 55.4 Å². The molecule has 0 spiro atoms. The maximum atomic E-state index is 11.7. The van der Waals surface area contributed by atoms with Crippen LogP contribution in [0.15, 0.2) is 11.1 Å². The Balaban J connectivity index is 2.50. The highest BCUT2D eigenvalue weighted by Gasteiger charge is 2.26. The van der Waals surface area contributed by atoms with Crippen LogP contribution in [-0.2, 0) is 14.8 Å². The van der Waals surface area contributed by atoms with E-state index in [0.717, 1.165) is 0 Å². The Hall–Kier alpha value is 0.0900. The second-order valence-electron chi connectivity index (χ2n) is 3.20. The number of halogens is 1. The van der Waals surface area contributed by atoms with Gasteiger partial charge < -0.3 is 4.74 Å². The van der Waals surface area contributed by atoms with Crippen molar-refractivity contribution in [1.29, 1.82) is 0 Å². The molecule has 1 heterocycles. The Morgan fingerprint density at radius 1 is 1.50 bits per heavy atom. The highest BCUT2D eigenvalue weighted by atomic mass is 79.9. The molecule has 0 atom stereocenters. The Bertz CT molecular complexity index is 296. The second kappa shape index (κ2) is 5.25. The van der Waals surface area contributed by atoms with Gasteiger partial charge in [0.25, 0.3) is 0 Å². The van der Waals surface area contributed by atoms with Gasteiger partial charge in [0.05, 0.1) is 5.25 Å². The number of hydrogen-bond donors (Lipinski definition) is 1. The predicted molar refractivity (Wildman–Crippen MR) is 58.8 cm³/mol. The van der Waals surface area contributed by atoms with Gasteiger partial charge in [0.2, 0.25) is 10.0 Å². The zero-order valence-corrected chi connectivity index (χ0v) is 10.2. The fourth-order valence-corrected chi connectivity index (χ4v) is 3.03. The molecule has 0 radical (unpaired) electrons. The zero-order valence-electron chi connectivity index (χ0n) is 7.83. The van der Waals surface area contributed by atoms with Crippen molar-refractivity contribution in [2.75, 3.05) is 19.8 Å². The van der Waals surface area contributed by atoms with Crippen molar-refractivity contribution >= 4 is 26.0 Å². The van der Waals surface area contributed by atoms with E-state index in [1.807, 2.05) is 0 Å². The molecule has 0 bridgehead atoms. The SMILES string of the molecule is C=C(Br)CNS(=O)(=O)C1CCOCC1. The van der Waals surface area contributed by atoms with Crippen LogP contribution in [0.5, 0.6) is 0 Å². The van der Waals surface area contributed by atoms with E-state index in [9.17, 15) is 8.42 Å². The van der Waals surface area contributed by atoms with Crippen LogP contribution in [0.25, 0.3) is 0 Å². The third kappa shape index (κ3) is 3.68. The van der Waals surface area contributed by atoms with E-state index in [1.54, 1.807) is 0 Å². The van der Waals surface area contributed by atoms with Gasteiger partial charge in [-0.3, -0.25) is 0 Å². The quantitative estimate of drug-likeness (QED) is 0.837. The molecule has 1 fully saturated rings. The molecule has 1 aliphatic rings. The number of sulfonamides is 1. The molecule has 0 aromatic carbocycles. The van der Waals surface area contributed by atoms with Crippen LogP contribution < -0.4 is 4.72 Å². The van der Waals surface area contributed by atoms with Gasteiger partial charge in [-0.15, -0.1) is 0 Å². The summed E-state index contributed by atoms with van der Waals surface area (Å²) in [6, 6.07) is 0. The van der Waals surface area contributed by atoms with E-state index in [1.165, 1.54) is 0 Å². The van der Waals surface area contributed by atoms with Crippen LogP contribution in [0.4, 0.5) is 0 Å². The van der Waals surface area contributed by atoms with E-state index in [-0.39, 0.29) is 11.8 Å². The lowest BCUT2D eigenvalue weighted by Crippen LogP contribution is -2.38. The lowest BCUT2D eigenvalue weighted by Gasteiger charge is -2.22. The van der Waals surface area contributed by atoms with Gasteiger partial charge in [-0.2, -0.15) is 0 Å². The normalized spacial score (nSPS) is 19.5. The molecule has 82 valence electrons. The summed E-state index contributed by atoms with van der Waals surface area (Å²) < 4.78 is 31.6. The van der Waals surface area contributed by atoms with Crippen LogP contribution in [0.2, 0.25) is 0 Å². The monoisotopic (exact) mass is 283 g/mol. The summed E-state index contributed by atoms with van der Waals surface area (Å²) in [4.78, 5) is 0. The molecule has 14 heavy (non-hydrogen) atoms. The molecule has 0 amide bonds. The lowest BCUT2D eigenvalue weighted by atomic mass is 10.2. The standard InChI is InChI=1S/C8H14BrNO3S/c1-7(9)6-10-14(11,12)8-2-4-13-5-3-8/h8,10H,1-6H2. The Kier molecular flexibility index (Phi) is 4.56. The third-order valence-corrected chi connectivity index (χ3v) is 4.25. The summed E-state index contributed by atoms with van der Waals surface area (Å²) in [7, 11) is -3.20. The molecular weight excluding hydrogens is 270 g/mol. The van der Waals surface area contributed by atoms with E-state index in [0.29, 0.717) is 30.5 Å². The molecule has 1 aliphatic heterocycles. The van der Waals surface area contributed by atoms with Gasteiger partial charge in [-0.25, -0.2) is 13.1 Å². The fraction of sp³-hybridized carbons (Fsp3) is 0.750. The van der Waals surface area contributed by atoms with Crippen LogP contribution in [0, 0.1) is 0 Å². The van der Waals surface area contributed by atoms with E-state index >= 15 is 0 Å². The minimum absolute atomic E-state index is 0.250. The molecule has 4 nitrogen and oxygen atoms in total. The smallest absolute Gasteiger partial charge is 0.214 e. The second-order valence-corrected chi connectivity index (χ2v) is 6.36. The van der Waals surface area contributed by atoms with Gasteiger partial charge >= 0.3 is 0 Å². The van der Waals surface area contributed by atoms with Crippen LogP contribution in [0.1, 0.15) is 12.8 Å². The van der Waals surface area contributed by atoms with E-state index in [2.05, 4.69) is 27.2 Å². The average Bonchev–Trinajstić information content (AvgIpc) is 2.16. The van der Waals surface area contributed by atoms with Crippen LogP contribution in [0.3, 0.4) is 0 Å². The Morgan fingerprint density at radius 2 is 2.07 bits per heavy atom. The summed E-state index contributed by atoms with van der Waals surface area (Å²) in [5, 5.41) is -0.317. The largest absolute Gasteiger partial charge is 0.381 e. The van der Waals surface area contributed by atoms with Crippen molar-refractivity contribution in [3.8, 4) is 0 Å². The van der Waals surface area contributed by atoms with Crippen molar-refractivity contribution in [3.05, 3.63) is 11.1 Å². The number of hydrogen-bond acceptors (Lipinski definition) is 3. The lowest BCUT2D eigenvalue weighted by molar-refractivity contribution is 0.0982. The van der Waals surface area contributed by atoms with Gasteiger partial charge in [-0.1, -0.05) is 22.5 Å². The summed E-state index contributed by atoms with van der Waals surface area (Å²) >= 11 is 3.10. The maximum absolute atomic E-state index is 11.7. The first-order valence-electron chi connectivity index (χ1n) is 4.42. The van der Waals surface area contributed by atoms with Gasteiger partial charge in [0, 0.05) is 24.2 Å². The molecule has 6 heteroatoms. The average molecular weight is 284 g/mol. The van der Waals surface area contributed by atoms with Gasteiger partial charge in [0.1, 0.15) is 0 Å². The molecule has 1 rings (SSSR count). The first-order valence-corrected chi connectivity index (χ1v) is 6.76. The maximum Gasteiger partial charge on any atom is 0.214 e. The molecule has 1 saturated heterocycles. The number of rotatable bonds is 4. The molecule has 0 unspecified atom stereocenters. The molecule has 0 aromatic heterocycles. The van der Waals surface area contributed by atoms with Gasteiger partial charge in [-0.05, 0) is 12.8 Å². The Labute approximate surface area is 92.9 Å². The molecule has 0 saturated carbocycles. The molecular formula is C8H14BrNO3S. The molecule has 1 N–H and O–H groups in total. The summed E-state index contributed by atoms with van der Waals surface area (Å²) in [6.45, 7) is 4.88. The number of nitrogens with one attached hydrogen (secondary N) is 1. The zero-order chi connectivity index (χ0) is 10.6. The van der Waals surface area contributed by atoms with Crippen molar-refractivity contribution < 1.29 is 13.2 Å². The fourth-order valence-electron chi connectivity index (χ4n) is 1.28. The first kappa shape index (κ1) is 12.2. The summed E-state index contributed by atoms with van der Waals surface area (Å²) in [5.41, 5.74) is 0. The highest BCUT2D eigenvalue weighted by Crippen LogP contribution is 2.14. The van der Waals surface area contributed by atoms with Crippen molar-refractivity contribution in [2.45, 2.75) is 18.1 Å². The minimum atomic E-state index is -3.20. The van der Waals surface area contributed by atoms with Crippen LogP contribution >= 0.6 is 15.9 Å². The van der Waals surface area contributed by atoms with Crippen molar-refractivity contribution in [2.24, 2.45) is 0 Å².